The Bertz CT molecular complexity index is 432. The van der Waals surface area contributed by atoms with Crippen LogP contribution >= 0.6 is 0 Å². The number of rotatable bonds is 9. The SMILES string of the molecule is CCCCCCC(C)Nc1ccc(CC)c([N+](=O)[O-])c1. The summed E-state index contributed by atoms with van der Waals surface area (Å²) in [6.45, 7) is 6.27. The van der Waals surface area contributed by atoms with Crippen molar-refractivity contribution >= 4 is 11.4 Å². The Morgan fingerprint density at radius 2 is 2.00 bits per heavy atom. The van der Waals surface area contributed by atoms with E-state index >= 15 is 0 Å². The standard InChI is InChI=1S/C16H26N2O2/c1-4-6-7-8-9-13(3)17-15-11-10-14(5-2)16(12-15)18(19)20/h10-13,17H,4-9H2,1-3H3. The van der Waals surface area contributed by atoms with Crippen LogP contribution in [0.15, 0.2) is 18.2 Å². The molecule has 1 rings (SSSR count). The van der Waals surface area contributed by atoms with Crippen molar-refractivity contribution in [1.29, 1.82) is 0 Å². The number of nitro groups is 1. The first-order valence-corrected chi connectivity index (χ1v) is 7.62. The zero-order chi connectivity index (χ0) is 15.0. The van der Waals surface area contributed by atoms with Crippen LogP contribution in [0.2, 0.25) is 0 Å². The van der Waals surface area contributed by atoms with E-state index in [4.69, 9.17) is 0 Å². The molecule has 112 valence electrons. The van der Waals surface area contributed by atoms with Gasteiger partial charge in [0.25, 0.3) is 5.69 Å². The molecule has 0 aliphatic carbocycles. The van der Waals surface area contributed by atoms with Crippen molar-refractivity contribution < 1.29 is 4.92 Å². The van der Waals surface area contributed by atoms with E-state index < -0.39 is 0 Å². The molecule has 0 amide bonds. The van der Waals surface area contributed by atoms with E-state index in [1.165, 1.54) is 25.7 Å². The lowest BCUT2D eigenvalue weighted by molar-refractivity contribution is -0.385. The fourth-order valence-corrected chi connectivity index (χ4v) is 2.36. The molecule has 0 aliphatic heterocycles. The predicted molar refractivity (Wildman–Crippen MR) is 84.3 cm³/mol. The first-order valence-electron chi connectivity index (χ1n) is 7.62. The van der Waals surface area contributed by atoms with Crippen LogP contribution in [-0.2, 0) is 6.42 Å². The number of nitrogens with one attached hydrogen (secondary N) is 1. The molecular formula is C16H26N2O2. The lowest BCUT2D eigenvalue weighted by atomic mass is 10.1. The lowest BCUT2D eigenvalue weighted by Crippen LogP contribution is -2.15. The first-order chi connectivity index (χ1) is 9.58. The fraction of sp³-hybridized carbons (Fsp3) is 0.625. The normalized spacial score (nSPS) is 12.2. The van der Waals surface area contributed by atoms with E-state index in [9.17, 15) is 10.1 Å². The summed E-state index contributed by atoms with van der Waals surface area (Å²) >= 11 is 0. The Morgan fingerprint density at radius 3 is 2.60 bits per heavy atom. The minimum absolute atomic E-state index is 0.218. The van der Waals surface area contributed by atoms with Gasteiger partial charge in [-0.05, 0) is 25.8 Å². The van der Waals surface area contributed by atoms with Crippen molar-refractivity contribution in [2.24, 2.45) is 0 Å². The number of nitro benzene ring substituents is 1. The maximum absolute atomic E-state index is 11.0. The number of aryl methyl sites for hydroxylation is 1. The molecule has 1 atom stereocenters. The molecule has 0 heterocycles. The van der Waals surface area contributed by atoms with E-state index in [2.05, 4.69) is 19.2 Å². The fourth-order valence-electron chi connectivity index (χ4n) is 2.36. The Kier molecular flexibility index (Phi) is 7.05. The largest absolute Gasteiger partial charge is 0.382 e. The van der Waals surface area contributed by atoms with Gasteiger partial charge in [0.1, 0.15) is 0 Å². The second-order valence-electron chi connectivity index (χ2n) is 5.35. The van der Waals surface area contributed by atoms with E-state index in [1.54, 1.807) is 6.07 Å². The van der Waals surface area contributed by atoms with E-state index in [0.29, 0.717) is 12.5 Å². The molecule has 0 bridgehead atoms. The summed E-state index contributed by atoms with van der Waals surface area (Å²) in [5, 5.41) is 14.4. The zero-order valence-corrected chi connectivity index (χ0v) is 12.8. The van der Waals surface area contributed by atoms with Gasteiger partial charge in [-0.15, -0.1) is 0 Å². The van der Waals surface area contributed by atoms with Gasteiger partial charge in [0, 0.05) is 23.4 Å². The van der Waals surface area contributed by atoms with Crippen molar-refractivity contribution in [3.63, 3.8) is 0 Å². The number of anilines is 1. The Balaban J connectivity index is 2.59. The van der Waals surface area contributed by atoms with Gasteiger partial charge in [0.15, 0.2) is 0 Å². The summed E-state index contributed by atoms with van der Waals surface area (Å²) in [6.07, 6.45) is 6.77. The van der Waals surface area contributed by atoms with Crippen LogP contribution in [0.25, 0.3) is 0 Å². The van der Waals surface area contributed by atoms with Gasteiger partial charge in [0.2, 0.25) is 0 Å². The molecule has 0 spiro atoms. The van der Waals surface area contributed by atoms with Gasteiger partial charge in [-0.25, -0.2) is 0 Å². The van der Waals surface area contributed by atoms with Gasteiger partial charge in [-0.3, -0.25) is 10.1 Å². The van der Waals surface area contributed by atoms with Gasteiger partial charge in [0.05, 0.1) is 4.92 Å². The van der Waals surface area contributed by atoms with Gasteiger partial charge < -0.3 is 5.32 Å². The van der Waals surface area contributed by atoms with Crippen LogP contribution in [-0.4, -0.2) is 11.0 Å². The lowest BCUT2D eigenvalue weighted by Gasteiger charge is -2.15. The van der Waals surface area contributed by atoms with Gasteiger partial charge in [-0.1, -0.05) is 45.6 Å². The molecule has 0 saturated carbocycles. The highest BCUT2D eigenvalue weighted by Gasteiger charge is 2.13. The molecular weight excluding hydrogens is 252 g/mol. The molecule has 4 nitrogen and oxygen atoms in total. The van der Waals surface area contributed by atoms with E-state index in [0.717, 1.165) is 17.7 Å². The highest BCUT2D eigenvalue weighted by Crippen LogP contribution is 2.24. The second-order valence-corrected chi connectivity index (χ2v) is 5.35. The van der Waals surface area contributed by atoms with Crippen LogP contribution in [0.1, 0.15) is 58.4 Å². The summed E-state index contributed by atoms with van der Waals surface area (Å²) < 4.78 is 0. The second kappa shape index (κ2) is 8.56. The monoisotopic (exact) mass is 278 g/mol. The molecule has 0 radical (unpaired) electrons. The molecule has 1 aromatic carbocycles. The predicted octanol–water partition coefficient (Wildman–Crippen LogP) is 4.93. The Hall–Kier alpha value is -1.58. The molecule has 1 unspecified atom stereocenters. The Labute approximate surface area is 121 Å². The summed E-state index contributed by atoms with van der Waals surface area (Å²) in [4.78, 5) is 10.7. The van der Waals surface area contributed by atoms with E-state index in [-0.39, 0.29) is 10.6 Å². The highest BCUT2D eigenvalue weighted by molar-refractivity contribution is 5.55. The molecule has 1 aromatic rings. The van der Waals surface area contributed by atoms with Gasteiger partial charge >= 0.3 is 0 Å². The number of nitrogens with zero attached hydrogens (tertiary/aromatic N) is 1. The summed E-state index contributed by atoms with van der Waals surface area (Å²) in [5.74, 6) is 0. The van der Waals surface area contributed by atoms with Crippen molar-refractivity contribution in [2.75, 3.05) is 5.32 Å². The summed E-state index contributed by atoms with van der Waals surface area (Å²) in [6, 6.07) is 5.79. The molecule has 0 saturated heterocycles. The average molecular weight is 278 g/mol. The molecule has 0 fully saturated rings. The smallest absolute Gasteiger partial charge is 0.274 e. The third-order valence-electron chi connectivity index (χ3n) is 3.57. The molecule has 20 heavy (non-hydrogen) atoms. The molecule has 0 aromatic heterocycles. The van der Waals surface area contributed by atoms with Gasteiger partial charge in [-0.2, -0.15) is 0 Å². The van der Waals surface area contributed by atoms with Crippen LogP contribution in [0.5, 0.6) is 0 Å². The number of hydrogen-bond donors (Lipinski definition) is 1. The zero-order valence-electron chi connectivity index (χ0n) is 12.8. The van der Waals surface area contributed by atoms with Crippen LogP contribution in [0, 0.1) is 10.1 Å². The summed E-state index contributed by atoms with van der Waals surface area (Å²) in [7, 11) is 0. The number of benzene rings is 1. The van der Waals surface area contributed by atoms with Crippen LogP contribution in [0.4, 0.5) is 11.4 Å². The highest BCUT2D eigenvalue weighted by atomic mass is 16.6. The summed E-state index contributed by atoms with van der Waals surface area (Å²) in [5.41, 5.74) is 1.85. The molecule has 0 aliphatic rings. The number of hydrogen-bond acceptors (Lipinski definition) is 3. The number of unbranched alkanes of at least 4 members (excludes halogenated alkanes) is 3. The molecule has 1 N–H and O–H groups in total. The molecule has 4 heteroatoms. The van der Waals surface area contributed by atoms with Crippen LogP contribution < -0.4 is 5.32 Å². The third kappa shape index (κ3) is 5.19. The van der Waals surface area contributed by atoms with Crippen molar-refractivity contribution in [1.82, 2.24) is 0 Å². The van der Waals surface area contributed by atoms with Crippen molar-refractivity contribution in [3.8, 4) is 0 Å². The topological polar surface area (TPSA) is 55.2 Å². The van der Waals surface area contributed by atoms with Crippen molar-refractivity contribution in [3.05, 3.63) is 33.9 Å². The van der Waals surface area contributed by atoms with Crippen molar-refractivity contribution in [2.45, 2.75) is 65.3 Å². The average Bonchev–Trinajstić information content (AvgIpc) is 2.43. The quantitative estimate of drug-likeness (QED) is 0.396. The Morgan fingerprint density at radius 1 is 1.25 bits per heavy atom. The minimum Gasteiger partial charge on any atom is -0.382 e. The first kappa shape index (κ1) is 16.5. The van der Waals surface area contributed by atoms with E-state index in [1.807, 2.05) is 19.1 Å². The maximum Gasteiger partial charge on any atom is 0.274 e. The third-order valence-corrected chi connectivity index (χ3v) is 3.57. The van der Waals surface area contributed by atoms with Crippen LogP contribution in [0.3, 0.4) is 0 Å². The maximum atomic E-state index is 11.0. The minimum atomic E-state index is -0.296.